The molecule has 1 heteroatoms. The van der Waals surface area contributed by atoms with Crippen molar-refractivity contribution in [1.82, 2.24) is 0 Å². The molecule has 0 saturated heterocycles. The molecule has 0 N–H and O–H groups in total. The van der Waals surface area contributed by atoms with Crippen molar-refractivity contribution in [2.45, 2.75) is 12.8 Å². The molecule has 0 atom stereocenters. The van der Waals surface area contributed by atoms with Crippen LogP contribution in [0, 0.1) is 0 Å². The van der Waals surface area contributed by atoms with E-state index in [0.29, 0.717) is 0 Å². The smallest absolute Gasteiger partial charge is 1.00 e. The first-order chi connectivity index (χ1) is 4.97. The van der Waals surface area contributed by atoms with Crippen molar-refractivity contribution < 1.29 is 2.85 Å². The summed E-state index contributed by atoms with van der Waals surface area (Å²) >= 11 is 0. The fraction of sp³-hybridized carbons (Fsp3) is 0.200. The molecule has 0 aromatic rings. The topological polar surface area (TPSA) is 0 Å². The molecule has 2 aliphatic carbocycles. The standard InChI is InChI=1S/C10H10.Mg.2H/c1-2-6-9(5-1)10-7-3-4-8-10;;;/h1-5,7H,6,8H2;;;/q;+2;2*-1. The van der Waals surface area contributed by atoms with E-state index in [-0.39, 0.29) is 25.9 Å². The number of hydrogen-bond donors (Lipinski definition) is 0. The van der Waals surface area contributed by atoms with Crippen LogP contribution in [0.1, 0.15) is 15.7 Å². The molecule has 0 aromatic heterocycles. The molecule has 0 bridgehead atoms. The van der Waals surface area contributed by atoms with Crippen molar-refractivity contribution in [3.63, 3.8) is 0 Å². The van der Waals surface area contributed by atoms with E-state index >= 15 is 0 Å². The quantitative estimate of drug-likeness (QED) is 0.512. The van der Waals surface area contributed by atoms with Crippen molar-refractivity contribution >= 4 is 23.1 Å². The zero-order valence-electron chi connectivity index (χ0n) is 8.59. The molecule has 0 spiro atoms. The Balaban J connectivity index is 0. The zero-order valence-corrected chi connectivity index (χ0v) is 8.00. The van der Waals surface area contributed by atoms with E-state index < -0.39 is 0 Å². The van der Waals surface area contributed by atoms with E-state index in [4.69, 9.17) is 0 Å². The van der Waals surface area contributed by atoms with Crippen LogP contribution >= 0.6 is 0 Å². The summed E-state index contributed by atoms with van der Waals surface area (Å²) < 4.78 is 0. The molecule has 2 rings (SSSR count). The normalized spacial score (nSPS) is 19.6. The molecule has 0 heterocycles. The summed E-state index contributed by atoms with van der Waals surface area (Å²) in [7, 11) is 0. The summed E-state index contributed by atoms with van der Waals surface area (Å²) in [5.41, 5.74) is 2.98. The van der Waals surface area contributed by atoms with Crippen molar-refractivity contribution in [2.24, 2.45) is 0 Å². The van der Waals surface area contributed by atoms with Gasteiger partial charge >= 0.3 is 23.1 Å². The Hall–Kier alpha value is -0.274. The predicted octanol–water partition coefficient (Wildman–Crippen LogP) is 2.60. The molecular weight excluding hydrogens is 144 g/mol. The van der Waals surface area contributed by atoms with E-state index in [1.807, 2.05) is 0 Å². The summed E-state index contributed by atoms with van der Waals surface area (Å²) in [5, 5.41) is 0. The van der Waals surface area contributed by atoms with E-state index in [1.54, 1.807) is 0 Å². The molecule has 0 aromatic carbocycles. The van der Waals surface area contributed by atoms with Gasteiger partial charge in [0, 0.05) is 0 Å². The van der Waals surface area contributed by atoms with Crippen molar-refractivity contribution in [3.05, 3.63) is 47.6 Å². The molecule has 0 amide bonds. The predicted molar refractivity (Wildman–Crippen MR) is 51.7 cm³/mol. The maximum atomic E-state index is 2.21. The fourth-order valence-electron chi connectivity index (χ4n) is 1.37. The molecule has 0 nitrogen and oxygen atoms in total. The van der Waals surface area contributed by atoms with Gasteiger partial charge in [0.2, 0.25) is 0 Å². The third-order valence-electron chi connectivity index (χ3n) is 1.95. The molecule has 11 heavy (non-hydrogen) atoms. The van der Waals surface area contributed by atoms with E-state index in [2.05, 4.69) is 36.5 Å². The number of allylic oxidation sites excluding steroid dienone is 8. The Morgan fingerprint density at radius 2 is 1.36 bits per heavy atom. The molecule has 0 radical (unpaired) electrons. The molecule has 0 unspecified atom stereocenters. The maximum absolute atomic E-state index is 2.21. The van der Waals surface area contributed by atoms with E-state index in [0.717, 1.165) is 12.8 Å². The Morgan fingerprint density at radius 1 is 0.909 bits per heavy atom. The molecular formula is C10H12Mg. The first kappa shape index (κ1) is 8.82. The molecule has 0 aliphatic heterocycles. The fourth-order valence-corrected chi connectivity index (χ4v) is 1.37. The van der Waals surface area contributed by atoms with E-state index in [1.165, 1.54) is 11.1 Å². The first-order valence-electron chi connectivity index (χ1n) is 3.68. The van der Waals surface area contributed by atoms with Crippen LogP contribution in [0.5, 0.6) is 0 Å². The van der Waals surface area contributed by atoms with Crippen molar-refractivity contribution in [2.75, 3.05) is 0 Å². The third-order valence-corrected chi connectivity index (χ3v) is 1.95. The van der Waals surface area contributed by atoms with Gasteiger partial charge in [-0.2, -0.15) is 0 Å². The van der Waals surface area contributed by atoms with Gasteiger partial charge in [0.25, 0.3) is 0 Å². The monoisotopic (exact) mass is 156 g/mol. The minimum absolute atomic E-state index is 0. The van der Waals surface area contributed by atoms with Gasteiger partial charge in [-0.15, -0.1) is 0 Å². The summed E-state index contributed by atoms with van der Waals surface area (Å²) in [5.74, 6) is 0. The average molecular weight is 157 g/mol. The van der Waals surface area contributed by atoms with Crippen LogP contribution < -0.4 is 0 Å². The molecule has 0 saturated carbocycles. The Labute approximate surface area is 86.5 Å². The Kier molecular flexibility index (Phi) is 3.15. The third kappa shape index (κ3) is 1.85. The van der Waals surface area contributed by atoms with Crippen LogP contribution in [0.15, 0.2) is 47.6 Å². The van der Waals surface area contributed by atoms with E-state index in [9.17, 15) is 0 Å². The van der Waals surface area contributed by atoms with Crippen LogP contribution in [-0.4, -0.2) is 23.1 Å². The number of hydrogen-bond acceptors (Lipinski definition) is 0. The SMILES string of the molecule is C1=CCC(C2=CC=CC2)=C1.[H-].[H-].[Mg+2]. The largest absolute Gasteiger partial charge is 2.00 e. The van der Waals surface area contributed by atoms with Gasteiger partial charge < -0.3 is 2.85 Å². The number of rotatable bonds is 1. The summed E-state index contributed by atoms with van der Waals surface area (Å²) in [4.78, 5) is 0. The van der Waals surface area contributed by atoms with Crippen LogP contribution in [0.2, 0.25) is 0 Å². The van der Waals surface area contributed by atoms with Gasteiger partial charge in [-0.25, -0.2) is 0 Å². The van der Waals surface area contributed by atoms with Crippen LogP contribution in [0.25, 0.3) is 0 Å². The summed E-state index contributed by atoms with van der Waals surface area (Å²) in [6, 6.07) is 0. The second-order valence-corrected chi connectivity index (χ2v) is 2.65. The van der Waals surface area contributed by atoms with Gasteiger partial charge in [0.15, 0.2) is 0 Å². The van der Waals surface area contributed by atoms with Crippen molar-refractivity contribution in [3.8, 4) is 0 Å². The van der Waals surface area contributed by atoms with Gasteiger partial charge in [-0.3, -0.25) is 0 Å². The average Bonchev–Trinajstić information content (AvgIpc) is 2.59. The zero-order chi connectivity index (χ0) is 6.81. The second kappa shape index (κ2) is 3.93. The van der Waals surface area contributed by atoms with Crippen LogP contribution in [0.4, 0.5) is 0 Å². The van der Waals surface area contributed by atoms with Crippen molar-refractivity contribution in [1.29, 1.82) is 0 Å². The summed E-state index contributed by atoms with van der Waals surface area (Å²) in [6.45, 7) is 0. The van der Waals surface area contributed by atoms with Gasteiger partial charge in [-0.05, 0) is 24.0 Å². The summed E-state index contributed by atoms with van der Waals surface area (Å²) in [6.07, 6.45) is 15.4. The van der Waals surface area contributed by atoms with Crippen LogP contribution in [0.3, 0.4) is 0 Å². The first-order valence-corrected chi connectivity index (χ1v) is 3.68. The van der Waals surface area contributed by atoms with Gasteiger partial charge in [-0.1, -0.05) is 36.5 Å². The van der Waals surface area contributed by atoms with Gasteiger partial charge in [0.05, 0.1) is 0 Å². The van der Waals surface area contributed by atoms with Crippen LogP contribution in [-0.2, 0) is 0 Å². The Morgan fingerprint density at radius 3 is 1.64 bits per heavy atom. The second-order valence-electron chi connectivity index (χ2n) is 2.65. The minimum Gasteiger partial charge on any atom is -1.00 e. The maximum Gasteiger partial charge on any atom is 2.00 e. The Bertz CT molecular complexity index is 234. The molecule has 0 fully saturated rings. The minimum atomic E-state index is 0. The van der Waals surface area contributed by atoms with Gasteiger partial charge in [0.1, 0.15) is 0 Å². The molecule has 2 aliphatic rings. The molecule has 54 valence electrons.